The van der Waals surface area contributed by atoms with Gasteiger partial charge in [-0.3, -0.25) is 19.4 Å². The molecule has 0 radical (unpaired) electrons. The van der Waals surface area contributed by atoms with Crippen LogP contribution in [0.15, 0.2) is 54.6 Å². The number of rotatable bonds is 9. The minimum atomic E-state index is -0.474. The Morgan fingerprint density at radius 2 is 1.73 bits per heavy atom. The van der Waals surface area contributed by atoms with Crippen LogP contribution in [0.2, 0.25) is 0 Å². The number of likely N-dealkylation sites (tertiary alicyclic amines) is 1. The first kappa shape index (κ1) is 30.5. The third-order valence-electron chi connectivity index (χ3n) is 9.50. The molecule has 3 aromatic carbocycles. The summed E-state index contributed by atoms with van der Waals surface area (Å²) >= 11 is 1.06. The average molecular weight is 615 g/mol. The van der Waals surface area contributed by atoms with Crippen molar-refractivity contribution >= 4 is 22.9 Å². The van der Waals surface area contributed by atoms with Gasteiger partial charge < -0.3 is 14.2 Å². The molecule has 2 unspecified atom stereocenters. The molecule has 0 saturated carbocycles. The van der Waals surface area contributed by atoms with Gasteiger partial charge in [0.2, 0.25) is 5.91 Å². The summed E-state index contributed by atoms with van der Waals surface area (Å²) in [6.07, 6.45) is 4.14. The zero-order valence-corrected chi connectivity index (χ0v) is 27.2. The first-order valence-corrected chi connectivity index (χ1v) is 16.4. The second-order valence-corrected chi connectivity index (χ2v) is 13.7. The number of fused-ring (bicyclic) bond motifs is 1. The van der Waals surface area contributed by atoms with Gasteiger partial charge in [0.1, 0.15) is 41.3 Å². The zero-order chi connectivity index (χ0) is 31.0. The molecule has 0 bridgehead atoms. The fourth-order valence-corrected chi connectivity index (χ4v) is 7.70. The maximum absolute atomic E-state index is 12.4. The number of hydrogen-bond donors (Lipinski definition) is 0. The minimum Gasteiger partial charge on any atom is -0.492 e. The molecule has 0 N–H and O–H groups in total. The Labute approximate surface area is 264 Å². The summed E-state index contributed by atoms with van der Waals surface area (Å²) in [6, 6.07) is 18.2. The summed E-state index contributed by atoms with van der Waals surface area (Å²) < 4.78 is 19.5. The van der Waals surface area contributed by atoms with E-state index in [-0.39, 0.29) is 16.7 Å². The maximum atomic E-state index is 12.4. The number of nitrogens with zero attached hydrogens (tertiary/aromatic N) is 2. The molecule has 232 valence electrons. The Balaban J connectivity index is 1.08. The molecule has 0 aromatic heterocycles. The summed E-state index contributed by atoms with van der Waals surface area (Å²) in [6.45, 7) is 11.8. The van der Waals surface area contributed by atoms with Crippen LogP contribution in [0.1, 0.15) is 64.8 Å². The van der Waals surface area contributed by atoms with Gasteiger partial charge in [0, 0.05) is 25.2 Å². The topological polar surface area (TPSA) is 68.3 Å². The van der Waals surface area contributed by atoms with Crippen LogP contribution in [-0.4, -0.2) is 59.3 Å². The van der Waals surface area contributed by atoms with Crippen molar-refractivity contribution in [1.29, 1.82) is 0 Å². The molecule has 2 saturated heterocycles. The molecule has 3 aromatic rings. The van der Waals surface area contributed by atoms with Gasteiger partial charge in [-0.05, 0) is 112 Å². The SMILES string of the molecule is Cc1c(C)c2c(c(C)c1OCc1ccccc1)CCC(C)(CN1CCC[C@@H]1COc1ccc(C3SC(=O)N(C)C3=O)cc1)O2. The standard InChI is InChI=1S/C36H42N2O5S/c1-23-24(2)32-30(25(3)31(23)42-20-26-10-7-6-8-11-26)17-18-36(4,43-32)22-38-19-9-12-28(38)21-41-29-15-13-27(14-16-29)33-34(39)37(5)35(40)44-33/h6-8,10-11,13-16,28,33H,9,12,17-22H2,1-5H3/t28-,33?,36?/m1/s1. The fraction of sp³-hybridized carbons (Fsp3) is 0.444. The van der Waals surface area contributed by atoms with Crippen LogP contribution in [0.5, 0.6) is 17.2 Å². The van der Waals surface area contributed by atoms with Gasteiger partial charge in [-0.1, -0.05) is 42.5 Å². The molecule has 0 aliphatic carbocycles. The van der Waals surface area contributed by atoms with E-state index in [1.165, 1.54) is 23.1 Å². The van der Waals surface area contributed by atoms with Gasteiger partial charge in [0.05, 0.1) is 0 Å². The third kappa shape index (κ3) is 6.07. The summed E-state index contributed by atoms with van der Waals surface area (Å²) in [5.41, 5.74) is 6.47. The molecule has 2 amide bonds. The van der Waals surface area contributed by atoms with E-state index in [4.69, 9.17) is 14.2 Å². The van der Waals surface area contributed by atoms with Crippen LogP contribution in [0, 0.1) is 20.8 Å². The highest BCUT2D eigenvalue weighted by Gasteiger charge is 2.40. The summed E-state index contributed by atoms with van der Waals surface area (Å²) in [4.78, 5) is 28.0. The Hall–Kier alpha value is -3.49. The van der Waals surface area contributed by atoms with Gasteiger partial charge in [-0.25, -0.2) is 0 Å². The Kier molecular flexibility index (Phi) is 8.66. The van der Waals surface area contributed by atoms with Crippen molar-refractivity contribution < 1.29 is 23.8 Å². The number of amides is 2. The molecule has 0 spiro atoms. The highest BCUT2D eigenvalue weighted by atomic mass is 32.2. The van der Waals surface area contributed by atoms with E-state index < -0.39 is 5.25 Å². The minimum absolute atomic E-state index is 0.173. The second-order valence-electron chi connectivity index (χ2n) is 12.6. The number of likely N-dealkylation sites (N-methyl/N-ethyl adjacent to an activating group) is 1. The quantitative estimate of drug-likeness (QED) is 0.253. The number of carbonyl (C=O) groups is 2. The van der Waals surface area contributed by atoms with E-state index in [1.54, 1.807) is 0 Å². The number of imide groups is 1. The van der Waals surface area contributed by atoms with Crippen LogP contribution in [-0.2, 0) is 17.8 Å². The zero-order valence-electron chi connectivity index (χ0n) is 26.4. The summed E-state index contributed by atoms with van der Waals surface area (Å²) in [7, 11) is 1.53. The van der Waals surface area contributed by atoms with Crippen LogP contribution < -0.4 is 14.2 Å². The lowest BCUT2D eigenvalue weighted by molar-refractivity contribution is -0.125. The fourth-order valence-electron chi connectivity index (χ4n) is 6.70. The number of hydrogen-bond acceptors (Lipinski definition) is 7. The summed E-state index contributed by atoms with van der Waals surface area (Å²) in [5.74, 6) is 2.61. The van der Waals surface area contributed by atoms with Crippen LogP contribution in [0.25, 0.3) is 0 Å². The number of thioether (sulfide) groups is 1. The van der Waals surface area contributed by atoms with Crippen molar-refractivity contribution in [3.05, 3.63) is 88.0 Å². The van der Waals surface area contributed by atoms with E-state index in [0.717, 1.165) is 90.0 Å². The Morgan fingerprint density at radius 3 is 2.43 bits per heavy atom. The Bertz CT molecular complexity index is 1540. The van der Waals surface area contributed by atoms with Gasteiger partial charge >= 0.3 is 0 Å². The van der Waals surface area contributed by atoms with E-state index in [0.29, 0.717) is 19.3 Å². The van der Waals surface area contributed by atoms with Gasteiger partial charge in [-0.15, -0.1) is 0 Å². The molecule has 3 heterocycles. The van der Waals surface area contributed by atoms with Crippen LogP contribution in [0.4, 0.5) is 4.79 Å². The third-order valence-corrected chi connectivity index (χ3v) is 10.7. The van der Waals surface area contributed by atoms with Crippen molar-refractivity contribution in [2.45, 2.75) is 76.9 Å². The lowest BCUT2D eigenvalue weighted by atomic mass is 9.86. The molecule has 2 fully saturated rings. The van der Waals surface area contributed by atoms with Gasteiger partial charge in [0.15, 0.2) is 0 Å². The monoisotopic (exact) mass is 614 g/mol. The second kappa shape index (κ2) is 12.5. The summed E-state index contributed by atoms with van der Waals surface area (Å²) in [5, 5.41) is -0.684. The average Bonchev–Trinajstić information content (AvgIpc) is 3.57. The number of carbonyl (C=O) groups excluding carboxylic acids is 2. The van der Waals surface area contributed by atoms with E-state index in [2.05, 4.69) is 44.7 Å². The van der Waals surface area contributed by atoms with Crippen molar-refractivity contribution in [3.63, 3.8) is 0 Å². The Morgan fingerprint density at radius 1 is 0.977 bits per heavy atom. The van der Waals surface area contributed by atoms with Crippen molar-refractivity contribution in [2.24, 2.45) is 0 Å². The predicted molar refractivity (Wildman–Crippen MR) is 174 cm³/mol. The molecule has 8 heteroatoms. The number of ether oxygens (including phenoxy) is 3. The smallest absolute Gasteiger partial charge is 0.289 e. The highest BCUT2D eigenvalue weighted by Crippen LogP contribution is 2.44. The molecule has 3 aliphatic heterocycles. The van der Waals surface area contributed by atoms with E-state index in [9.17, 15) is 9.59 Å². The molecule has 7 nitrogen and oxygen atoms in total. The van der Waals surface area contributed by atoms with E-state index >= 15 is 0 Å². The normalized spacial score (nSPS) is 23.5. The lowest BCUT2D eigenvalue weighted by Gasteiger charge is -2.41. The van der Waals surface area contributed by atoms with E-state index in [1.807, 2.05) is 42.5 Å². The van der Waals surface area contributed by atoms with Crippen molar-refractivity contribution in [3.8, 4) is 17.2 Å². The first-order chi connectivity index (χ1) is 21.1. The molecule has 44 heavy (non-hydrogen) atoms. The lowest BCUT2D eigenvalue weighted by Crippen LogP contribution is -2.50. The molecule has 6 rings (SSSR count). The molecular weight excluding hydrogens is 572 g/mol. The van der Waals surface area contributed by atoms with Crippen LogP contribution >= 0.6 is 11.8 Å². The van der Waals surface area contributed by atoms with Gasteiger partial charge in [-0.2, -0.15) is 0 Å². The highest BCUT2D eigenvalue weighted by molar-refractivity contribution is 8.14. The van der Waals surface area contributed by atoms with Crippen molar-refractivity contribution in [2.75, 3.05) is 26.7 Å². The van der Waals surface area contributed by atoms with Crippen molar-refractivity contribution in [1.82, 2.24) is 9.80 Å². The molecule has 3 atom stereocenters. The van der Waals surface area contributed by atoms with Crippen LogP contribution in [0.3, 0.4) is 0 Å². The predicted octanol–water partition coefficient (Wildman–Crippen LogP) is 7.18. The molecular formula is C36H42N2O5S. The number of benzene rings is 3. The maximum Gasteiger partial charge on any atom is 0.289 e. The largest absolute Gasteiger partial charge is 0.492 e. The first-order valence-electron chi connectivity index (χ1n) is 15.6. The molecule has 3 aliphatic rings. The van der Waals surface area contributed by atoms with Gasteiger partial charge in [0.25, 0.3) is 5.24 Å².